The zero-order chi connectivity index (χ0) is 12.8. The number of nitrogens with one attached hydrogen (secondary N) is 1. The minimum absolute atomic E-state index is 0.262. The van der Waals surface area contributed by atoms with Crippen molar-refractivity contribution in [2.75, 3.05) is 0 Å². The van der Waals surface area contributed by atoms with Crippen LogP contribution in [0.2, 0.25) is 5.02 Å². The summed E-state index contributed by atoms with van der Waals surface area (Å²) < 4.78 is 0. The summed E-state index contributed by atoms with van der Waals surface area (Å²) in [7, 11) is 0. The summed E-state index contributed by atoms with van der Waals surface area (Å²) >= 11 is 7.01. The largest absolute Gasteiger partial charge is 0.506 e. The van der Waals surface area contributed by atoms with Crippen molar-refractivity contribution in [3.8, 4) is 5.75 Å². The second-order valence-corrected chi connectivity index (χ2v) is 4.99. The van der Waals surface area contributed by atoms with Crippen LogP contribution in [0, 0.1) is 12.3 Å². The van der Waals surface area contributed by atoms with E-state index in [-0.39, 0.29) is 5.75 Å². The lowest BCUT2D eigenvalue weighted by Crippen LogP contribution is -1.87. The van der Waals surface area contributed by atoms with E-state index in [1.165, 1.54) is 11.3 Å². The number of benzene rings is 1. The SMILES string of the molecule is CC(=N)c1csc(C)c1O.Clc1ccccc1. The Balaban J connectivity index is 0.000000181. The standard InChI is InChI=1S/C7H9NOS.C6H5Cl/c1-4(8)6-3-10-5(2)7(6)9;7-6-4-2-1-3-5-6/h3,8-9H,1-2H3;1-5H. The third-order valence-corrected chi connectivity index (χ3v) is 3.23. The Bertz CT molecular complexity index is 493. The van der Waals surface area contributed by atoms with Gasteiger partial charge in [0.2, 0.25) is 0 Å². The molecule has 2 rings (SSSR count). The van der Waals surface area contributed by atoms with E-state index < -0.39 is 0 Å². The maximum Gasteiger partial charge on any atom is 0.138 e. The van der Waals surface area contributed by atoms with Gasteiger partial charge in [-0.3, -0.25) is 0 Å². The monoisotopic (exact) mass is 267 g/mol. The van der Waals surface area contributed by atoms with E-state index >= 15 is 0 Å². The normalized spacial score (nSPS) is 9.35. The Morgan fingerprint density at radius 2 is 1.88 bits per heavy atom. The highest BCUT2D eigenvalue weighted by Gasteiger charge is 2.07. The molecule has 4 heteroatoms. The Kier molecular flexibility index (Phi) is 5.19. The number of aromatic hydroxyl groups is 1. The summed E-state index contributed by atoms with van der Waals surface area (Å²) in [6.45, 7) is 3.51. The molecule has 0 radical (unpaired) electrons. The van der Waals surface area contributed by atoms with E-state index in [1.807, 2.05) is 37.3 Å². The fourth-order valence-electron chi connectivity index (χ4n) is 1.13. The molecule has 0 saturated carbocycles. The van der Waals surface area contributed by atoms with Crippen molar-refractivity contribution in [3.63, 3.8) is 0 Å². The minimum Gasteiger partial charge on any atom is -0.506 e. The lowest BCUT2D eigenvalue weighted by Gasteiger charge is -1.93. The molecule has 0 amide bonds. The van der Waals surface area contributed by atoms with Crippen LogP contribution in [0.3, 0.4) is 0 Å². The van der Waals surface area contributed by atoms with E-state index in [4.69, 9.17) is 17.0 Å². The molecule has 17 heavy (non-hydrogen) atoms. The molecule has 1 heterocycles. The summed E-state index contributed by atoms with van der Waals surface area (Å²) in [6.07, 6.45) is 0. The molecule has 1 aromatic heterocycles. The van der Waals surface area contributed by atoms with Crippen LogP contribution >= 0.6 is 22.9 Å². The molecule has 0 atom stereocenters. The summed E-state index contributed by atoms with van der Waals surface area (Å²) in [5.41, 5.74) is 1.07. The van der Waals surface area contributed by atoms with E-state index in [1.54, 1.807) is 12.3 Å². The third-order valence-electron chi connectivity index (χ3n) is 2.08. The third kappa shape index (κ3) is 4.21. The fourth-order valence-corrected chi connectivity index (χ4v) is 2.08. The zero-order valence-corrected chi connectivity index (χ0v) is 11.3. The first-order chi connectivity index (χ1) is 8.02. The van der Waals surface area contributed by atoms with Crippen molar-refractivity contribution in [2.24, 2.45) is 0 Å². The summed E-state index contributed by atoms with van der Waals surface area (Å²) in [6, 6.07) is 9.44. The quantitative estimate of drug-likeness (QED) is 0.735. The predicted molar refractivity (Wildman–Crippen MR) is 74.7 cm³/mol. The maximum atomic E-state index is 9.28. The molecule has 90 valence electrons. The average Bonchev–Trinajstić information content (AvgIpc) is 2.62. The highest BCUT2D eigenvalue weighted by Crippen LogP contribution is 2.28. The molecule has 0 unspecified atom stereocenters. The topological polar surface area (TPSA) is 44.1 Å². The van der Waals surface area contributed by atoms with Gasteiger partial charge in [0.25, 0.3) is 0 Å². The molecular formula is C13H14ClNOS. The van der Waals surface area contributed by atoms with Crippen LogP contribution in [0.5, 0.6) is 5.75 Å². The van der Waals surface area contributed by atoms with Gasteiger partial charge in [-0.05, 0) is 26.0 Å². The Labute approximate surface area is 110 Å². The molecular weight excluding hydrogens is 254 g/mol. The van der Waals surface area contributed by atoms with Crippen LogP contribution in [0.25, 0.3) is 0 Å². The smallest absolute Gasteiger partial charge is 0.138 e. The van der Waals surface area contributed by atoms with Crippen LogP contribution in [-0.4, -0.2) is 10.8 Å². The molecule has 0 aliphatic carbocycles. The van der Waals surface area contributed by atoms with Gasteiger partial charge >= 0.3 is 0 Å². The molecule has 0 spiro atoms. The highest BCUT2D eigenvalue weighted by atomic mass is 35.5. The number of rotatable bonds is 1. The van der Waals surface area contributed by atoms with Gasteiger partial charge < -0.3 is 10.5 Å². The Hall–Kier alpha value is -1.32. The lowest BCUT2D eigenvalue weighted by atomic mass is 10.2. The molecule has 0 fully saturated rings. The van der Waals surface area contributed by atoms with Gasteiger partial charge in [0.15, 0.2) is 0 Å². The summed E-state index contributed by atoms with van der Waals surface area (Å²) in [5, 5.41) is 19.1. The highest BCUT2D eigenvalue weighted by molar-refractivity contribution is 7.10. The van der Waals surface area contributed by atoms with Crippen molar-refractivity contribution in [2.45, 2.75) is 13.8 Å². The van der Waals surface area contributed by atoms with Crippen LogP contribution in [0.1, 0.15) is 17.4 Å². The van der Waals surface area contributed by atoms with E-state index in [0.717, 1.165) is 9.90 Å². The zero-order valence-electron chi connectivity index (χ0n) is 9.70. The lowest BCUT2D eigenvalue weighted by molar-refractivity contribution is 0.473. The van der Waals surface area contributed by atoms with E-state index in [9.17, 15) is 5.11 Å². The van der Waals surface area contributed by atoms with Gasteiger partial charge in [0.1, 0.15) is 5.75 Å². The van der Waals surface area contributed by atoms with Crippen molar-refractivity contribution in [1.29, 1.82) is 5.41 Å². The van der Waals surface area contributed by atoms with E-state index in [2.05, 4.69) is 0 Å². The predicted octanol–water partition coefficient (Wildman–Crippen LogP) is 4.49. The van der Waals surface area contributed by atoms with Gasteiger partial charge in [0, 0.05) is 26.6 Å². The average molecular weight is 268 g/mol. The first-order valence-electron chi connectivity index (χ1n) is 5.05. The molecule has 0 saturated heterocycles. The second-order valence-electron chi connectivity index (χ2n) is 3.47. The van der Waals surface area contributed by atoms with Crippen LogP contribution < -0.4 is 0 Å². The Morgan fingerprint density at radius 3 is 2.12 bits per heavy atom. The Morgan fingerprint density at radius 1 is 1.29 bits per heavy atom. The summed E-state index contributed by atoms with van der Waals surface area (Å²) in [5.74, 6) is 0.262. The fraction of sp³-hybridized carbons (Fsp3) is 0.154. The maximum absolute atomic E-state index is 9.28. The van der Waals surface area contributed by atoms with Crippen molar-refractivity contribution < 1.29 is 5.11 Å². The minimum atomic E-state index is 0.262. The van der Waals surface area contributed by atoms with Crippen molar-refractivity contribution >= 4 is 28.6 Å². The first-order valence-corrected chi connectivity index (χ1v) is 6.31. The molecule has 1 aromatic carbocycles. The van der Waals surface area contributed by atoms with Gasteiger partial charge in [0.05, 0.1) is 0 Å². The van der Waals surface area contributed by atoms with Gasteiger partial charge in [-0.2, -0.15) is 0 Å². The molecule has 0 aliphatic heterocycles. The van der Waals surface area contributed by atoms with Crippen LogP contribution in [0.4, 0.5) is 0 Å². The second kappa shape index (κ2) is 6.42. The molecule has 0 bridgehead atoms. The van der Waals surface area contributed by atoms with Gasteiger partial charge in [-0.25, -0.2) is 0 Å². The molecule has 2 N–H and O–H groups in total. The first kappa shape index (κ1) is 13.7. The van der Waals surface area contributed by atoms with Gasteiger partial charge in [-0.1, -0.05) is 29.8 Å². The molecule has 2 nitrogen and oxygen atoms in total. The van der Waals surface area contributed by atoms with Crippen LogP contribution in [0.15, 0.2) is 35.7 Å². The number of hydrogen-bond acceptors (Lipinski definition) is 3. The number of thiophene rings is 1. The molecule has 2 aromatic rings. The number of aryl methyl sites for hydroxylation is 1. The van der Waals surface area contributed by atoms with Crippen LogP contribution in [-0.2, 0) is 0 Å². The summed E-state index contributed by atoms with van der Waals surface area (Å²) in [4.78, 5) is 0.876. The van der Waals surface area contributed by atoms with Gasteiger partial charge in [-0.15, -0.1) is 11.3 Å². The number of halogens is 1. The van der Waals surface area contributed by atoms with Crippen molar-refractivity contribution in [3.05, 3.63) is 51.2 Å². The number of hydrogen-bond donors (Lipinski definition) is 2. The van der Waals surface area contributed by atoms with E-state index in [0.29, 0.717) is 11.3 Å². The van der Waals surface area contributed by atoms with Crippen molar-refractivity contribution in [1.82, 2.24) is 0 Å². The molecule has 0 aliphatic rings.